The predicted octanol–water partition coefficient (Wildman–Crippen LogP) is 2.64. The number of likely N-dealkylation sites (tertiary alicyclic amines) is 1. The Balaban J connectivity index is 1.81. The lowest BCUT2D eigenvalue weighted by Crippen LogP contribution is -2.53. The third-order valence-electron chi connectivity index (χ3n) is 5.64. The van der Waals surface area contributed by atoms with E-state index in [1.54, 1.807) is 11.0 Å². The SMILES string of the molecule is COCCS(=O)(=O)Nc1cccc(C23CCCC(C2)N(C(=O)O)CC3)c1. The molecule has 144 valence electrons. The van der Waals surface area contributed by atoms with Crippen LogP contribution in [0, 0.1) is 0 Å². The molecule has 3 rings (SSSR count). The van der Waals surface area contributed by atoms with E-state index in [0.29, 0.717) is 12.2 Å². The van der Waals surface area contributed by atoms with Gasteiger partial charge in [-0.3, -0.25) is 4.72 Å². The number of nitrogens with zero attached hydrogens (tertiary/aromatic N) is 1. The van der Waals surface area contributed by atoms with E-state index in [0.717, 1.165) is 37.7 Å². The molecule has 2 atom stereocenters. The zero-order chi connectivity index (χ0) is 18.8. The predicted molar refractivity (Wildman–Crippen MR) is 99.0 cm³/mol. The van der Waals surface area contributed by atoms with Gasteiger partial charge in [-0.05, 0) is 48.8 Å². The van der Waals surface area contributed by atoms with Crippen LogP contribution in [0.1, 0.15) is 37.7 Å². The molecule has 2 fully saturated rings. The number of hydrogen-bond donors (Lipinski definition) is 2. The number of carbonyl (C=O) groups is 1. The summed E-state index contributed by atoms with van der Waals surface area (Å²) in [6.07, 6.45) is 3.63. The van der Waals surface area contributed by atoms with Gasteiger partial charge < -0.3 is 14.7 Å². The highest BCUT2D eigenvalue weighted by molar-refractivity contribution is 7.92. The fraction of sp³-hybridized carbons (Fsp3) is 0.611. The molecule has 2 aliphatic rings. The number of nitrogens with one attached hydrogen (secondary N) is 1. The Morgan fingerprint density at radius 2 is 2.23 bits per heavy atom. The topological polar surface area (TPSA) is 95.9 Å². The van der Waals surface area contributed by atoms with Crippen LogP contribution in [0.3, 0.4) is 0 Å². The first-order chi connectivity index (χ1) is 12.4. The highest BCUT2D eigenvalue weighted by Crippen LogP contribution is 2.47. The summed E-state index contributed by atoms with van der Waals surface area (Å²) in [7, 11) is -1.98. The molecule has 1 aliphatic heterocycles. The van der Waals surface area contributed by atoms with Crippen molar-refractivity contribution < 1.29 is 23.1 Å². The fourth-order valence-electron chi connectivity index (χ4n) is 4.34. The van der Waals surface area contributed by atoms with E-state index in [2.05, 4.69) is 4.72 Å². The van der Waals surface area contributed by atoms with Crippen molar-refractivity contribution in [2.45, 2.75) is 43.6 Å². The zero-order valence-corrected chi connectivity index (χ0v) is 15.8. The molecule has 1 aliphatic carbocycles. The lowest BCUT2D eigenvalue weighted by Gasteiger charge is -2.50. The van der Waals surface area contributed by atoms with Crippen LogP contribution in [-0.4, -0.2) is 56.6 Å². The van der Waals surface area contributed by atoms with Crippen molar-refractivity contribution >= 4 is 21.8 Å². The first-order valence-electron chi connectivity index (χ1n) is 8.95. The summed E-state index contributed by atoms with van der Waals surface area (Å²) in [6.45, 7) is 0.676. The summed E-state index contributed by atoms with van der Waals surface area (Å²) in [5, 5.41) is 9.39. The van der Waals surface area contributed by atoms with Gasteiger partial charge in [-0.2, -0.15) is 0 Å². The number of hydrogen-bond acceptors (Lipinski definition) is 4. The number of methoxy groups -OCH3 is 1. The summed E-state index contributed by atoms with van der Waals surface area (Å²) in [4.78, 5) is 13.0. The van der Waals surface area contributed by atoms with E-state index in [1.165, 1.54) is 7.11 Å². The molecular formula is C18H26N2O5S. The highest BCUT2D eigenvalue weighted by Gasteiger charge is 2.45. The molecular weight excluding hydrogens is 356 g/mol. The summed E-state index contributed by atoms with van der Waals surface area (Å²) in [6, 6.07) is 7.61. The van der Waals surface area contributed by atoms with Crippen molar-refractivity contribution in [3.8, 4) is 0 Å². The minimum absolute atomic E-state index is 0.0528. The van der Waals surface area contributed by atoms with Gasteiger partial charge in [0.2, 0.25) is 10.0 Å². The molecule has 1 heterocycles. The van der Waals surface area contributed by atoms with Crippen molar-refractivity contribution in [2.75, 3.05) is 30.7 Å². The largest absolute Gasteiger partial charge is 0.465 e. The summed E-state index contributed by atoms with van der Waals surface area (Å²) < 4.78 is 31.7. The average Bonchev–Trinajstić information content (AvgIpc) is 2.60. The molecule has 1 aromatic rings. The van der Waals surface area contributed by atoms with E-state index in [4.69, 9.17) is 4.74 Å². The Kier molecular flexibility index (Phi) is 5.43. The van der Waals surface area contributed by atoms with Gasteiger partial charge in [-0.25, -0.2) is 13.2 Å². The van der Waals surface area contributed by atoms with Gasteiger partial charge >= 0.3 is 6.09 Å². The van der Waals surface area contributed by atoms with Crippen LogP contribution in [0.25, 0.3) is 0 Å². The number of anilines is 1. The molecule has 7 nitrogen and oxygen atoms in total. The number of benzene rings is 1. The lowest BCUT2D eigenvalue weighted by atomic mass is 9.63. The molecule has 2 N–H and O–H groups in total. The third kappa shape index (κ3) is 3.96. The van der Waals surface area contributed by atoms with Crippen LogP contribution < -0.4 is 4.72 Å². The smallest absolute Gasteiger partial charge is 0.407 e. The lowest BCUT2D eigenvalue weighted by molar-refractivity contribution is 0.0510. The second-order valence-electron chi connectivity index (χ2n) is 7.25. The van der Waals surface area contributed by atoms with Gasteiger partial charge in [0.1, 0.15) is 0 Å². The number of piperidine rings is 1. The van der Waals surface area contributed by atoms with Crippen molar-refractivity contribution in [2.24, 2.45) is 0 Å². The number of rotatable bonds is 6. The van der Waals surface area contributed by atoms with Crippen LogP contribution >= 0.6 is 0 Å². The zero-order valence-electron chi connectivity index (χ0n) is 15.0. The van der Waals surface area contributed by atoms with Gasteiger partial charge in [0.15, 0.2) is 0 Å². The Hall–Kier alpha value is -1.80. The van der Waals surface area contributed by atoms with Gasteiger partial charge in [-0.15, -0.1) is 0 Å². The van der Waals surface area contributed by atoms with E-state index < -0.39 is 16.1 Å². The van der Waals surface area contributed by atoms with E-state index in [9.17, 15) is 18.3 Å². The third-order valence-corrected chi connectivity index (χ3v) is 6.89. The van der Waals surface area contributed by atoms with E-state index in [1.807, 2.05) is 18.2 Å². The maximum absolute atomic E-state index is 12.1. The highest BCUT2D eigenvalue weighted by atomic mass is 32.2. The Labute approximate surface area is 154 Å². The Bertz CT molecular complexity index is 767. The number of sulfonamides is 1. The quantitative estimate of drug-likeness (QED) is 0.788. The van der Waals surface area contributed by atoms with Crippen LogP contribution in [0.5, 0.6) is 0 Å². The molecule has 1 saturated carbocycles. The Morgan fingerprint density at radius 1 is 1.42 bits per heavy atom. The fourth-order valence-corrected chi connectivity index (χ4v) is 5.31. The van der Waals surface area contributed by atoms with E-state index >= 15 is 0 Å². The number of carboxylic acid groups (broad SMARTS) is 1. The average molecular weight is 382 g/mol. The molecule has 8 heteroatoms. The van der Waals surface area contributed by atoms with E-state index in [-0.39, 0.29) is 23.8 Å². The maximum atomic E-state index is 12.1. The molecule has 2 bridgehead atoms. The Morgan fingerprint density at radius 3 is 2.96 bits per heavy atom. The van der Waals surface area contributed by atoms with Crippen LogP contribution in [0.15, 0.2) is 24.3 Å². The molecule has 0 spiro atoms. The molecule has 26 heavy (non-hydrogen) atoms. The molecule has 0 aromatic heterocycles. The van der Waals surface area contributed by atoms with Crippen LogP contribution in [-0.2, 0) is 20.2 Å². The van der Waals surface area contributed by atoms with Gasteiger partial charge in [-0.1, -0.05) is 18.6 Å². The van der Waals surface area contributed by atoms with Crippen LogP contribution in [0.4, 0.5) is 10.5 Å². The minimum atomic E-state index is -3.45. The standard InChI is InChI=1S/C18H26N2O5S/c1-25-10-11-26(23,24)19-15-5-2-4-14(12-15)18-7-3-6-16(13-18)20(9-8-18)17(21)22/h2,4-5,12,16,19H,3,6-11,13H2,1H3,(H,21,22). The van der Waals surface area contributed by atoms with Gasteiger partial charge in [0.25, 0.3) is 0 Å². The monoisotopic (exact) mass is 382 g/mol. The van der Waals surface area contributed by atoms with Crippen molar-refractivity contribution in [1.82, 2.24) is 4.90 Å². The van der Waals surface area contributed by atoms with Crippen molar-refractivity contribution in [3.63, 3.8) is 0 Å². The molecule has 0 radical (unpaired) electrons. The summed E-state index contributed by atoms with van der Waals surface area (Å²) >= 11 is 0. The van der Waals surface area contributed by atoms with Crippen molar-refractivity contribution in [1.29, 1.82) is 0 Å². The summed E-state index contributed by atoms with van der Waals surface area (Å²) in [5.74, 6) is -0.0888. The molecule has 2 unspecified atom stereocenters. The number of fused-ring (bicyclic) bond motifs is 2. The molecule has 1 aromatic carbocycles. The van der Waals surface area contributed by atoms with Gasteiger partial charge in [0, 0.05) is 25.4 Å². The first kappa shape index (κ1) is 19.0. The number of ether oxygens (including phenoxy) is 1. The minimum Gasteiger partial charge on any atom is -0.465 e. The second kappa shape index (κ2) is 7.44. The van der Waals surface area contributed by atoms with Gasteiger partial charge in [0.05, 0.1) is 12.4 Å². The van der Waals surface area contributed by atoms with Crippen LogP contribution in [0.2, 0.25) is 0 Å². The number of amides is 1. The summed E-state index contributed by atoms with van der Waals surface area (Å²) in [5.41, 5.74) is 1.58. The second-order valence-corrected chi connectivity index (χ2v) is 9.09. The normalized spacial score (nSPS) is 25.7. The van der Waals surface area contributed by atoms with Crippen molar-refractivity contribution in [3.05, 3.63) is 29.8 Å². The maximum Gasteiger partial charge on any atom is 0.407 e. The first-order valence-corrected chi connectivity index (χ1v) is 10.6. The molecule has 1 saturated heterocycles. The molecule has 1 amide bonds.